The first kappa shape index (κ1) is 22.1. The summed E-state index contributed by atoms with van der Waals surface area (Å²) in [7, 11) is 1.19. The van der Waals surface area contributed by atoms with Crippen molar-refractivity contribution in [1.82, 2.24) is 9.55 Å². The van der Waals surface area contributed by atoms with Crippen LogP contribution in [0.3, 0.4) is 0 Å². The van der Waals surface area contributed by atoms with Crippen LogP contribution in [0.1, 0.15) is 15.2 Å². The molecule has 170 valence electrons. The summed E-state index contributed by atoms with van der Waals surface area (Å²) in [5, 5.41) is 10.3. The summed E-state index contributed by atoms with van der Waals surface area (Å²) in [6.07, 6.45) is 0. The number of fused-ring (bicyclic) bond motifs is 1. The predicted molar refractivity (Wildman–Crippen MR) is 112 cm³/mol. The minimum Gasteiger partial charge on any atom is -0.493 e. The van der Waals surface area contributed by atoms with Crippen LogP contribution in [0.4, 0.5) is 13.2 Å². The molecular weight excluding hydrogens is 465 g/mol. The van der Waals surface area contributed by atoms with Gasteiger partial charge in [-0.3, -0.25) is 4.79 Å². The van der Waals surface area contributed by atoms with Gasteiger partial charge in [0.15, 0.2) is 11.6 Å². The number of aromatic carboxylic acids is 1. The van der Waals surface area contributed by atoms with Crippen LogP contribution in [-0.2, 0) is 6.61 Å². The number of aromatic nitrogens is 2. The number of ether oxygens (including phenoxy) is 2. The van der Waals surface area contributed by atoms with E-state index < -0.39 is 40.4 Å². The molecule has 0 saturated carbocycles. The Morgan fingerprint density at radius 2 is 1.91 bits per heavy atom. The second kappa shape index (κ2) is 8.47. The van der Waals surface area contributed by atoms with Gasteiger partial charge in [0.05, 0.1) is 23.7 Å². The number of thiophene rings is 1. The van der Waals surface area contributed by atoms with Crippen molar-refractivity contribution in [3.63, 3.8) is 0 Å². The van der Waals surface area contributed by atoms with Crippen LogP contribution in [0.15, 0.2) is 45.3 Å². The smallest absolute Gasteiger partial charge is 0.346 e. The van der Waals surface area contributed by atoms with Gasteiger partial charge in [-0.15, -0.1) is 11.3 Å². The molecule has 4 rings (SSSR count). The van der Waals surface area contributed by atoms with Gasteiger partial charge in [-0.1, -0.05) is 0 Å². The Kier molecular flexibility index (Phi) is 5.68. The van der Waals surface area contributed by atoms with Crippen LogP contribution >= 0.6 is 11.3 Å². The van der Waals surface area contributed by atoms with Crippen LogP contribution in [0.25, 0.3) is 16.6 Å². The zero-order valence-electron chi connectivity index (χ0n) is 16.6. The molecule has 0 saturated heterocycles. The molecule has 0 aliphatic heterocycles. The van der Waals surface area contributed by atoms with Gasteiger partial charge < -0.3 is 19.6 Å². The Morgan fingerprint density at radius 3 is 2.61 bits per heavy atom. The van der Waals surface area contributed by atoms with E-state index in [0.29, 0.717) is 10.6 Å². The van der Waals surface area contributed by atoms with Crippen molar-refractivity contribution in [1.29, 1.82) is 0 Å². The highest BCUT2D eigenvalue weighted by Crippen LogP contribution is 2.27. The lowest BCUT2D eigenvalue weighted by Gasteiger charge is -2.13. The molecule has 2 aromatic heterocycles. The van der Waals surface area contributed by atoms with Gasteiger partial charge in [0, 0.05) is 23.1 Å². The van der Waals surface area contributed by atoms with Gasteiger partial charge in [-0.2, -0.15) is 0 Å². The molecule has 12 heteroatoms. The predicted octanol–water partition coefficient (Wildman–Crippen LogP) is 3.44. The van der Waals surface area contributed by atoms with Gasteiger partial charge in [-0.25, -0.2) is 27.3 Å². The van der Waals surface area contributed by atoms with Crippen molar-refractivity contribution in [2.45, 2.75) is 6.61 Å². The van der Waals surface area contributed by atoms with E-state index >= 15 is 0 Å². The Bertz CT molecular complexity index is 1530. The first-order chi connectivity index (χ1) is 15.7. The van der Waals surface area contributed by atoms with Crippen molar-refractivity contribution < 1.29 is 32.5 Å². The van der Waals surface area contributed by atoms with E-state index in [1.807, 2.05) is 0 Å². The molecule has 0 aliphatic carbocycles. The molecule has 0 aliphatic rings. The van der Waals surface area contributed by atoms with Crippen LogP contribution in [0.2, 0.25) is 0 Å². The van der Waals surface area contributed by atoms with Crippen molar-refractivity contribution in [2.24, 2.45) is 0 Å². The number of carboxylic acid groups (broad SMARTS) is 1. The van der Waals surface area contributed by atoms with E-state index in [2.05, 4.69) is 4.98 Å². The summed E-state index contributed by atoms with van der Waals surface area (Å²) in [6, 6.07) is 4.79. The van der Waals surface area contributed by atoms with E-state index in [-0.39, 0.29) is 39.4 Å². The van der Waals surface area contributed by atoms with Crippen LogP contribution in [-0.4, -0.2) is 27.7 Å². The van der Waals surface area contributed by atoms with Crippen LogP contribution in [0, 0.1) is 17.5 Å². The van der Waals surface area contributed by atoms with Gasteiger partial charge in [-0.05, 0) is 18.2 Å². The number of nitrogens with one attached hydrogen (secondary N) is 1. The summed E-state index contributed by atoms with van der Waals surface area (Å²) in [4.78, 5) is 38.9. The number of methoxy groups -OCH3 is 1. The topological polar surface area (TPSA) is 111 Å². The van der Waals surface area contributed by atoms with Crippen molar-refractivity contribution >= 4 is 28.2 Å². The first-order valence-corrected chi connectivity index (χ1v) is 10.0. The number of aromatic amines is 1. The normalized spacial score (nSPS) is 11.0. The van der Waals surface area contributed by atoms with Crippen LogP contribution in [0.5, 0.6) is 11.5 Å². The lowest BCUT2D eigenvalue weighted by atomic mass is 10.2. The molecule has 2 heterocycles. The Balaban J connectivity index is 1.77. The number of hydrogen-bond acceptors (Lipinski definition) is 6. The maximum absolute atomic E-state index is 14.6. The molecule has 8 nitrogen and oxygen atoms in total. The number of hydrogen-bond donors (Lipinski definition) is 2. The zero-order valence-corrected chi connectivity index (χ0v) is 17.5. The molecule has 0 spiro atoms. The standard InChI is InChI=1S/C21H13F3N2O6S/c1-31-17-9(4-10(22)5-13(17)24)7-32-11-2-3-12(23)15(6-11)26-19(27)16-14(25-21(26)30)8-33-18(16)20(28)29/h2-6,8H,7H2,1H3,(H,25,30)(H,28,29). The maximum atomic E-state index is 14.6. The lowest BCUT2D eigenvalue weighted by Crippen LogP contribution is -2.34. The van der Waals surface area contributed by atoms with E-state index in [1.165, 1.54) is 18.6 Å². The lowest BCUT2D eigenvalue weighted by molar-refractivity contribution is 0.0704. The fraction of sp³-hybridized carbons (Fsp3) is 0.0952. The number of halogens is 3. The van der Waals surface area contributed by atoms with E-state index in [9.17, 15) is 32.7 Å². The van der Waals surface area contributed by atoms with E-state index in [4.69, 9.17) is 9.47 Å². The highest BCUT2D eigenvalue weighted by atomic mass is 32.1. The van der Waals surface area contributed by atoms with Crippen molar-refractivity contribution in [3.05, 3.63) is 84.4 Å². The second-order valence-corrected chi connectivity index (χ2v) is 7.59. The minimum absolute atomic E-state index is 0.0108. The van der Waals surface area contributed by atoms with Gasteiger partial charge in [0.25, 0.3) is 5.56 Å². The maximum Gasteiger partial charge on any atom is 0.346 e. The van der Waals surface area contributed by atoms with E-state index in [0.717, 1.165) is 29.5 Å². The molecule has 2 aromatic carbocycles. The number of H-pyrrole nitrogens is 1. The zero-order chi connectivity index (χ0) is 23.9. The van der Waals surface area contributed by atoms with Gasteiger partial charge >= 0.3 is 11.7 Å². The number of rotatable bonds is 6. The molecule has 33 heavy (non-hydrogen) atoms. The largest absolute Gasteiger partial charge is 0.493 e. The quantitative estimate of drug-likeness (QED) is 0.439. The minimum atomic E-state index is -1.38. The molecule has 0 amide bonds. The second-order valence-electron chi connectivity index (χ2n) is 6.71. The Labute approximate surface area is 186 Å². The average Bonchev–Trinajstić information content (AvgIpc) is 3.18. The molecule has 0 bridgehead atoms. The van der Waals surface area contributed by atoms with Gasteiger partial charge in [0.2, 0.25) is 0 Å². The summed E-state index contributed by atoms with van der Waals surface area (Å²) in [5.74, 6) is -4.41. The molecule has 0 radical (unpaired) electrons. The van der Waals surface area contributed by atoms with E-state index in [1.54, 1.807) is 0 Å². The number of carbonyl (C=O) groups is 1. The molecule has 4 aromatic rings. The first-order valence-electron chi connectivity index (χ1n) is 9.15. The van der Waals surface area contributed by atoms with Crippen LogP contribution < -0.4 is 20.7 Å². The SMILES string of the molecule is COc1c(F)cc(F)cc1COc1ccc(F)c(-n2c(=O)[nH]c3csc(C(=O)O)c3c2=O)c1. The Hall–Kier alpha value is -4.06. The molecule has 2 N–H and O–H groups in total. The number of carboxylic acids is 1. The van der Waals surface area contributed by atoms with Crippen molar-refractivity contribution in [3.8, 4) is 17.2 Å². The molecule has 0 atom stereocenters. The number of nitrogens with zero attached hydrogens (tertiary/aromatic N) is 1. The highest BCUT2D eigenvalue weighted by molar-refractivity contribution is 7.13. The fourth-order valence-electron chi connectivity index (χ4n) is 3.28. The third-order valence-electron chi connectivity index (χ3n) is 4.69. The molecule has 0 unspecified atom stereocenters. The third-order valence-corrected chi connectivity index (χ3v) is 5.66. The third kappa shape index (κ3) is 3.96. The summed E-state index contributed by atoms with van der Waals surface area (Å²) in [5.41, 5.74) is -2.48. The summed E-state index contributed by atoms with van der Waals surface area (Å²) in [6.45, 7) is -0.374. The summed E-state index contributed by atoms with van der Waals surface area (Å²) >= 11 is 0.742. The Morgan fingerprint density at radius 1 is 1.15 bits per heavy atom. The summed E-state index contributed by atoms with van der Waals surface area (Å²) < 4.78 is 52.9. The fourth-order valence-corrected chi connectivity index (χ4v) is 4.11. The highest BCUT2D eigenvalue weighted by Gasteiger charge is 2.21. The monoisotopic (exact) mass is 478 g/mol. The molecule has 0 fully saturated rings. The number of benzene rings is 2. The van der Waals surface area contributed by atoms with Gasteiger partial charge in [0.1, 0.15) is 28.9 Å². The average molecular weight is 478 g/mol. The molecular formula is C21H13F3N2O6S. The van der Waals surface area contributed by atoms with Crippen molar-refractivity contribution in [2.75, 3.05) is 7.11 Å².